The standard InChI is InChI=1S/C18H36O4P/c1-9-22-23(20,21-8)12-13-10-14(17(2,3)4)16(19)15(11-13)18(5,6)7/h10,13,15-16,19-20H,9,11-12H2,1-8H3/q+1. The summed E-state index contributed by atoms with van der Waals surface area (Å²) >= 11 is 0. The van der Waals surface area contributed by atoms with Crippen molar-refractivity contribution in [2.45, 2.75) is 61.0 Å². The van der Waals surface area contributed by atoms with Crippen LogP contribution in [0, 0.1) is 22.7 Å². The normalized spacial score (nSPS) is 29.1. The Morgan fingerprint density at radius 2 is 1.78 bits per heavy atom. The van der Waals surface area contributed by atoms with Gasteiger partial charge in [0.2, 0.25) is 0 Å². The first-order valence-electron chi connectivity index (χ1n) is 8.55. The fourth-order valence-corrected chi connectivity index (χ4v) is 5.03. The van der Waals surface area contributed by atoms with Gasteiger partial charge in [-0.2, -0.15) is 13.9 Å². The molecule has 0 aromatic heterocycles. The third-order valence-corrected chi connectivity index (χ3v) is 6.89. The van der Waals surface area contributed by atoms with Crippen molar-refractivity contribution in [3.8, 4) is 0 Å². The van der Waals surface area contributed by atoms with E-state index < -0.39 is 14.0 Å². The second kappa shape index (κ2) is 7.49. The Morgan fingerprint density at radius 3 is 2.17 bits per heavy atom. The Hall–Kier alpha value is 0.0100. The molecule has 0 saturated carbocycles. The van der Waals surface area contributed by atoms with Crippen LogP contribution in [0.5, 0.6) is 0 Å². The maximum atomic E-state index is 10.9. The van der Waals surface area contributed by atoms with Crippen LogP contribution in [0.3, 0.4) is 0 Å². The lowest BCUT2D eigenvalue weighted by molar-refractivity contribution is 0.0337. The molecule has 1 rings (SSSR count). The van der Waals surface area contributed by atoms with Crippen molar-refractivity contribution in [2.75, 3.05) is 19.9 Å². The first kappa shape index (κ1) is 21.1. The van der Waals surface area contributed by atoms with Crippen LogP contribution in [0.2, 0.25) is 0 Å². The summed E-state index contributed by atoms with van der Waals surface area (Å²) in [5, 5.41) is 10.9. The molecule has 23 heavy (non-hydrogen) atoms. The monoisotopic (exact) mass is 347 g/mol. The van der Waals surface area contributed by atoms with E-state index in [0.29, 0.717) is 12.8 Å². The highest BCUT2D eigenvalue weighted by Gasteiger charge is 2.47. The largest absolute Gasteiger partial charge is 0.409 e. The molecule has 1 aliphatic rings. The van der Waals surface area contributed by atoms with E-state index in [1.165, 1.54) is 7.11 Å². The molecule has 2 N–H and O–H groups in total. The maximum Gasteiger partial charge on any atom is 0.409 e. The van der Waals surface area contributed by atoms with E-state index in [-0.39, 0.29) is 22.7 Å². The lowest BCUT2D eigenvalue weighted by Crippen LogP contribution is -2.41. The molecule has 136 valence electrons. The van der Waals surface area contributed by atoms with E-state index in [1.807, 2.05) is 6.92 Å². The minimum atomic E-state index is -2.82. The van der Waals surface area contributed by atoms with Gasteiger partial charge in [-0.1, -0.05) is 47.6 Å². The van der Waals surface area contributed by atoms with Crippen molar-refractivity contribution in [3.05, 3.63) is 11.6 Å². The second-order valence-corrected chi connectivity index (χ2v) is 11.0. The highest BCUT2D eigenvalue weighted by molar-refractivity contribution is 7.60. The zero-order valence-corrected chi connectivity index (χ0v) is 17.0. The van der Waals surface area contributed by atoms with Gasteiger partial charge in [-0.3, -0.25) is 0 Å². The maximum absolute atomic E-state index is 10.9. The van der Waals surface area contributed by atoms with E-state index in [9.17, 15) is 10.00 Å². The van der Waals surface area contributed by atoms with Crippen LogP contribution in [0.1, 0.15) is 54.9 Å². The van der Waals surface area contributed by atoms with Crippen LogP contribution >= 0.6 is 7.94 Å². The predicted molar refractivity (Wildman–Crippen MR) is 97.2 cm³/mol. The fourth-order valence-electron chi connectivity index (χ4n) is 3.42. The Labute approximate surface area is 142 Å². The summed E-state index contributed by atoms with van der Waals surface area (Å²) in [7, 11) is -1.31. The van der Waals surface area contributed by atoms with Crippen LogP contribution in [0.15, 0.2) is 11.6 Å². The lowest BCUT2D eigenvalue weighted by Gasteiger charge is -2.44. The zero-order chi connectivity index (χ0) is 18.1. The second-order valence-electron chi connectivity index (χ2n) is 8.71. The van der Waals surface area contributed by atoms with Crippen LogP contribution in [0.4, 0.5) is 0 Å². The summed E-state index contributed by atoms with van der Waals surface area (Å²) in [6, 6.07) is 0. The summed E-state index contributed by atoms with van der Waals surface area (Å²) in [6.07, 6.45) is 3.03. The molecule has 5 heteroatoms. The van der Waals surface area contributed by atoms with E-state index >= 15 is 0 Å². The molecule has 0 aliphatic heterocycles. The van der Waals surface area contributed by atoms with Gasteiger partial charge in [0.25, 0.3) is 0 Å². The van der Waals surface area contributed by atoms with Crippen molar-refractivity contribution in [1.82, 2.24) is 0 Å². The van der Waals surface area contributed by atoms with Gasteiger partial charge in [0.1, 0.15) is 6.16 Å². The third-order valence-electron chi connectivity index (χ3n) is 4.73. The summed E-state index contributed by atoms with van der Waals surface area (Å²) in [5.41, 5.74) is 0.960. The van der Waals surface area contributed by atoms with Gasteiger partial charge in [-0.15, -0.1) is 0 Å². The minimum Gasteiger partial charge on any atom is -0.388 e. The zero-order valence-electron chi connectivity index (χ0n) is 16.1. The molecular formula is C18H36O4P+. The third kappa shape index (κ3) is 5.51. The van der Waals surface area contributed by atoms with Gasteiger partial charge in [0.15, 0.2) is 0 Å². The molecule has 0 fully saturated rings. The van der Waals surface area contributed by atoms with Crippen LogP contribution < -0.4 is 0 Å². The van der Waals surface area contributed by atoms with E-state index in [1.54, 1.807) is 0 Å². The van der Waals surface area contributed by atoms with Crippen LogP contribution in [-0.4, -0.2) is 36.0 Å². The lowest BCUT2D eigenvalue weighted by atomic mass is 9.64. The van der Waals surface area contributed by atoms with E-state index in [2.05, 4.69) is 47.6 Å². The molecule has 4 atom stereocenters. The summed E-state index contributed by atoms with van der Waals surface area (Å²) in [6.45, 7) is 15.2. The molecule has 0 spiro atoms. The molecule has 0 aromatic carbocycles. The average molecular weight is 347 g/mol. The molecule has 0 aromatic rings. The number of aliphatic hydroxyl groups is 1. The van der Waals surface area contributed by atoms with Crippen LogP contribution in [0.25, 0.3) is 0 Å². The Bertz CT molecular complexity index is 422. The molecule has 4 unspecified atom stereocenters. The molecular weight excluding hydrogens is 311 g/mol. The van der Waals surface area contributed by atoms with Gasteiger partial charge < -0.3 is 5.11 Å². The topological polar surface area (TPSA) is 58.9 Å². The van der Waals surface area contributed by atoms with Crippen molar-refractivity contribution in [1.29, 1.82) is 0 Å². The summed E-state index contributed by atoms with van der Waals surface area (Å²) < 4.78 is 10.8. The molecule has 4 nitrogen and oxygen atoms in total. The van der Waals surface area contributed by atoms with Gasteiger partial charge in [-0.05, 0) is 35.7 Å². The van der Waals surface area contributed by atoms with Gasteiger partial charge in [-0.25, -0.2) is 0 Å². The smallest absolute Gasteiger partial charge is 0.388 e. The van der Waals surface area contributed by atoms with Gasteiger partial charge in [0.05, 0.1) is 19.8 Å². The molecule has 0 radical (unpaired) electrons. The molecule has 0 amide bonds. The number of aliphatic hydroxyl groups excluding tert-OH is 1. The Balaban J connectivity index is 3.14. The summed E-state index contributed by atoms with van der Waals surface area (Å²) in [4.78, 5) is 10.6. The number of hydrogen-bond acceptors (Lipinski definition) is 4. The highest BCUT2D eigenvalue weighted by atomic mass is 31.2. The van der Waals surface area contributed by atoms with E-state index in [0.717, 1.165) is 12.0 Å². The van der Waals surface area contributed by atoms with E-state index in [4.69, 9.17) is 9.05 Å². The van der Waals surface area contributed by atoms with Crippen molar-refractivity contribution in [2.24, 2.45) is 22.7 Å². The number of hydrogen-bond donors (Lipinski definition) is 2. The Morgan fingerprint density at radius 1 is 1.22 bits per heavy atom. The SMILES string of the molecule is CCO[P+](O)(CC1C=C(C(C)(C)C)C(O)C(C(C)(C)C)C1)OC. The highest BCUT2D eigenvalue weighted by Crippen LogP contribution is 2.59. The number of allylic oxidation sites excluding steroid dienone is 1. The molecule has 0 bridgehead atoms. The van der Waals surface area contributed by atoms with Crippen molar-refractivity contribution >= 4 is 7.94 Å². The summed E-state index contributed by atoms with van der Waals surface area (Å²) in [5.74, 6) is 0.306. The van der Waals surface area contributed by atoms with Gasteiger partial charge in [0, 0.05) is 5.92 Å². The average Bonchev–Trinajstić information content (AvgIpc) is 2.38. The fraction of sp³-hybridized carbons (Fsp3) is 0.889. The van der Waals surface area contributed by atoms with Crippen LogP contribution in [-0.2, 0) is 9.05 Å². The minimum absolute atomic E-state index is 0.00231. The predicted octanol–water partition coefficient (Wildman–Crippen LogP) is 4.44. The molecule has 0 saturated heterocycles. The first-order valence-corrected chi connectivity index (χ1v) is 10.3. The van der Waals surface area contributed by atoms with Crippen molar-refractivity contribution in [3.63, 3.8) is 0 Å². The molecule has 1 aliphatic carbocycles. The number of rotatable bonds is 5. The quantitative estimate of drug-likeness (QED) is 0.570. The van der Waals surface area contributed by atoms with Gasteiger partial charge >= 0.3 is 7.94 Å². The first-order chi connectivity index (χ1) is 10.3. The van der Waals surface area contributed by atoms with Crippen molar-refractivity contribution < 1.29 is 19.0 Å². The Kier molecular flexibility index (Phi) is 6.86. The molecule has 0 heterocycles.